The molecule has 28 heavy (non-hydrogen) atoms. The topological polar surface area (TPSA) is 64.1 Å². The maximum absolute atomic E-state index is 6.15. The first-order valence-corrected chi connectivity index (χ1v) is 9.93. The molecule has 1 aromatic carbocycles. The van der Waals surface area contributed by atoms with Crippen molar-refractivity contribution >= 4 is 29.9 Å². The molecule has 0 radical (unpaired) electrons. The third kappa shape index (κ3) is 5.73. The molecule has 1 aromatic rings. The molecule has 1 atom stereocenters. The third-order valence-corrected chi connectivity index (χ3v) is 5.39. The number of nitrogens with zero attached hydrogens (tertiary/aromatic N) is 1. The summed E-state index contributed by atoms with van der Waals surface area (Å²) in [6.45, 7) is 9.23. The highest BCUT2D eigenvalue weighted by Gasteiger charge is 2.35. The van der Waals surface area contributed by atoms with Crippen LogP contribution in [0.1, 0.15) is 51.6 Å². The quantitative estimate of drug-likeness (QED) is 0.365. The lowest BCUT2D eigenvalue weighted by molar-refractivity contribution is -0.0829. The van der Waals surface area contributed by atoms with Gasteiger partial charge in [-0.2, -0.15) is 0 Å². The maximum atomic E-state index is 6.15. The number of halogens is 1. The van der Waals surface area contributed by atoms with Crippen molar-refractivity contribution in [3.8, 4) is 5.75 Å². The fraction of sp³-hybridized carbons (Fsp3) is 0.667. The zero-order chi connectivity index (χ0) is 19.3. The van der Waals surface area contributed by atoms with Crippen LogP contribution in [0.15, 0.2) is 29.3 Å². The summed E-state index contributed by atoms with van der Waals surface area (Å²) >= 11 is 0. The average molecular weight is 503 g/mol. The molecule has 0 amide bonds. The second-order valence-corrected chi connectivity index (χ2v) is 8.00. The molecule has 1 saturated heterocycles. The Bertz CT molecular complexity index is 660. The van der Waals surface area contributed by atoms with Crippen LogP contribution in [0.5, 0.6) is 5.75 Å². The van der Waals surface area contributed by atoms with E-state index in [4.69, 9.17) is 19.2 Å². The third-order valence-electron chi connectivity index (χ3n) is 5.39. The number of benzene rings is 1. The van der Waals surface area contributed by atoms with Gasteiger partial charge in [0.1, 0.15) is 11.4 Å². The number of guanidine groups is 1. The number of aliphatic imine (C=N–C) groups is 1. The normalized spacial score (nSPS) is 23.0. The van der Waals surface area contributed by atoms with Gasteiger partial charge < -0.3 is 24.8 Å². The van der Waals surface area contributed by atoms with Gasteiger partial charge in [-0.3, -0.25) is 4.99 Å². The Morgan fingerprint density at radius 2 is 1.96 bits per heavy atom. The SMILES string of the molecule is CCNC(=NCC1(OC)CCOCC1)NC1CC(C)(C)Oc2ccccc21.I. The largest absolute Gasteiger partial charge is 0.487 e. The smallest absolute Gasteiger partial charge is 0.191 e. The molecule has 7 heteroatoms. The van der Waals surface area contributed by atoms with E-state index in [0.717, 1.165) is 50.7 Å². The molecule has 0 saturated carbocycles. The number of nitrogens with one attached hydrogen (secondary N) is 2. The summed E-state index contributed by atoms with van der Waals surface area (Å²) < 4.78 is 17.5. The number of hydrogen-bond acceptors (Lipinski definition) is 4. The van der Waals surface area contributed by atoms with E-state index < -0.39 is 0 Å². The number of ether oxygens (including phenoxy) is 3. The van der Waals surface area contributed by atoms with Gasteiger partial charge in [-0.05, 0) is 26.8 Å². The minimum atomic E-state index is -0.229. The van der Waals surface area contributed by atoms with E-state index in [1.807, 2.05) is 12.1 Å². The number of methoxy groups -OCH3 is 1. The molecule has 1 unspecified atom stereocenters. The Morgan fingerprint density at radius 1 is 1.25 bits per heavy atom. The summed E-state index contributed by atoms with van der Waals surface area (Å²) in [5, 5.41) is 7.00. The first-order chi connectivity index (χ1) is 13.0. The summed E-state index contributed by atoms with van der Waals surface area (Å²) in [7, 11) is 1.78. The van der Waals surface area contributed by atoms with Crippen molar-refractivity contribution in [1.29, 1.82) is 0 Å². The van der Waals surface area contributed by atoms with E-state index in [2.05, 4.69) is 43.5 Å². The Morgan fingerprint density at radius 3 is 2.64 bits per heavy atom. The van der Waals surface area contributed by atoms with Crippen molar-refractivity contribution in [2.24, 2.45) is 4.99 Å². The van der Waals surface area contributed by atoms with Crippen molar-refractivity contribution in [3.05, 3.63) is 29.8 Å². The van der Waals surface area contributed by atoms with Crippen LogP contribution in [0.4, 0.5) is 0 Å². The van der Waals surface area contributed by atoms with E-state index in [9.17, 15) is 0 Å². The second kappa shape index (κ2) is 10.1. The number of fused-ring (bicyclic) bond motifs is 1. The van der Waals surface area contributed by atoms with Crippen molar-refractivity contribution in [2.45, 2.75) is 57.3 Å². The highest BCUT2D eigenvalue weighted by atomic mass is 127. The zero-order valence-corrected chi connectivity index (χ0v) is 19.7. The molecule has 158 valence electrons. The first-order valence-electron chi connectivity index (χ1n) is 9.93. The molecule has 2 heterocycles. The van der Waals surface area contributed by atoms with Crippen molar-refractivity contribution in [1.82, 2.24) is 10.6 Å². The monoisotopic (exact) mass is 503 g/mol. The highest BCUT2D eigenvalue weighted by Crippen LogP contribution is 2.39. The summed E-state index contributed by atoms with van der Waals surface area (Å²) in [6, 6.07) is 8.39. The maximum Gasteiger partial charge on any atom is 0.191 e. The van der Waals surface area contributed by atoms with Crippen LogP contribution < -0.4 is 15.4 Å². The Hall–Kier alpha value is -1.06. The second-order valence-electron chi connectivity index (χ2n) is 8.00. The van der Waals surface area contributed by atoms with E-state index in [1.54, 1.807) is 7.11 Å². The minimum Gasteiger partial charge on any atom is -0.487 e. The van der Waals surface area contributed by atoms with Crippen LogP contribution in [-0.4, -0.2) is 50.6 Å². The Kier molecular flexibility index (Phi) is 8.39. The Labute approximate surface area is 185 Å². The van der Waals surface area contributed by atoms with Gasteiger partial charge in [-0.25, -0.2) is 0 Å². The predicted molar refractivity (Wildman–Crippen MR) is 123 cm³/mol. The Balaban J connectivity index is 0.00000280. The minimum absolute atomic E-state index is 0. The molecule has 2 aliphatic rings. The van der Waals surface area contributed by atoms with Crippen LogP contribution in [0.25, 0.3) is 0 Å². The average Bonchev–Trinajstić information content (AvgIpc) is 2.66. The van der Waals surface area contributed by atoms with Gasteiger partial charge in [-0.1, -0.05) is 18.2 Å². The van der Waals surface area contributed by atoms with E-state index in [1.165, 1.54) is 5.56 Å². The molecule has 2 N–H and O–H groups in total. The van der Waals surface area contributed by atoms with E-state index in [0.29, 0.717) is 6.54 Å². The number of para-hydroxylation sites is 1. The molecule has 0 spiro atoms. The van der Waals surface area contributed by atoms with Gasteiger partial charge in [0.15, 0.2) is 5.96 Å². The summed E-state index contributed by atoms with van der Waals surface area (Å²) in [6.07, 6.45) is 2.62. The molecule has 2 aliphatic heterocycles. The van der Waals surface area contributed by atoms with E-state index in [-0.39, 0.29) is 41.2 Å². The van der Waals surface area contributed by atoms with Gasteiger partial charge >= 0.3 is 0 Å². The fourth-order valence-electron chi connectivity index (χ4n) is 3.81. The van der Waals surface area contributed by atoms with Crippen LogP contribution in [0.2, 0.25) is 0 Å². The molecular formula is C21H34IN3O3. The molecule has 0 aliphatic carbocycles. The zero-order valence-electron chi connectivity index (χ0n) is 17.4. The number of hydrogen-bond donors (Lipinski definition) is 2. The van der Waals surface area contributed by atoms with Gasteiger partial charge in [0.2, 0.25) is 0 Å². The standard InChI is InChI=1S/C21H33N3O3.HI/c1-5-22-19(23-15-21(25-4)10-12-26-13-11-21)24-17-14-20(2,3)27-18-9-7-6-8-16(17)18;/h6-9,17H,5,10-15H2,1-4H3,(H2,22,23,24);1H. The molecule has 3 rings (SSSR count). The van der Waals surface area contributed by atoms with Crippen molar-refractivity contribution in [2.75, 3.05) is 33.4 Å². The summed E-state index contributed by atoms with van der Waals surface area (Å²) in [5.74, 6) is 1.76. The molecular weight excluding hydrogens is 469 g/mol. The highest BCUT2D eigenvalue weighted by molar-refractivity contribution is 14.0. The molecule has 1 fully saturated rings. The van der Waals surface area contributed by atoms with Crippen LogP contribution in [0, 0.1) is 0 Å². The summed E-state index contributed by atoms with van der Waals surface area (Å²) in [5.41, 5.74) is 0.723. The first kappa shape index (κ1) is 23.2. The summed E-state index contributed by atoms with van der Waals surface area (Å²) in [4.78, 5) is 4.87. The molecule has 0 bridgehead atoms. The fourth-order valence-corrected chi connectivity index (χ4v) is 3.81. The van der Waals surface area contributed by atoms with Crippen LogP contribution >= 0.6 is 24.0 Å². The van der Waals surface area contributed by atoms with E-state index >= 15 is 0 Å². The van der Waals surface area contributed by atoms with Crippen LogP contribution in [-0.2, 0) is 9.47 Å². The van der Waals surface area contributed by atoms with Gasteiger partial charge in [0.25, 0.3) is 0 Å². The molecule has 6 nitrogen and oxygen atoms in total. The lowest BCUT2D eigenvalue weighted by Gasteiger charge is -2.38. The van der Waals surface area contributed by atoms with Crippen molar-refractivity contribution < 1.29 is 14.2 Å². The van der Waals surface area contributed by atoms with Crippen LogP contribution in [0.3, 0.4) is 0 Å². The predicted octanol–water partition coefficient (Wildman–Crippen LogP) is 3.66. The number of rotatable bonds is 5. The molecule has 0 aromatic heterocycles. The lowest BCUT2D eigenvalue weighted by atomic mass is 9.90. The van der Waals surface area contributed by atoms with Gasteiger partial charge in [0, 0.05) is 51.7 Å². The lowest BCUT2D eigenvalue weighted by Crippen LogP contribution is -2.47. The van der Waals surface area contributed by atoms with Gasteiger partial charge in [-0.15, -0.1) is 24.0 Å². The van der Waals surface area contributed by atoms with Gasteiger partial charge in [0.05, 0.1) is 18.2 Å². The van der Waals surface area contributed by atoms with Crippen molar-refractivity contribution in [3.63, 3.8) is 0 Å².